The SMILES string of the molecule is C=CCN(C(=O)[C@H]1N([C@@H](CO)Cc2ccccc2)C(=O)[C@@H]2[C@@H](C(=O)O)[C@H]3CC[C@]21O3)c1ccc(N(CC)CC)cc1. The zero-order valence-corrected chi connectivity index (χ0v) is 23.7. The molecule has 3 aliphatic rings. The summed E-state index contributed by atoms with van der Waals surface area (Å²) in [6.45, 7) is 9.54. The lowest BCUT2D eigenvalue weighted by atomic mass is 9.70. The van der Waals surface area contributed by atoms with Crippen molar-refractivity contribution in [3.05, 3.63) is 72.8 Å². The molecule has 2 aromatic carbocycles. The Morgan fingerprint density at radius 1 is 1.12 bits per heavy atom. The number of hydrogen-bond acceptors (Lipinski definition) is 6. The fourth-order valence-corrected chi connectivity index (χ4v) is 7.21. The molecule has 2 aromatic rings. The number of nitrogens with zero attached hydrogens (tertiary/aromatic N) is 3. The molecule has 2 N–H and O–H groups in total. The summed E-state index contributed by atoms with van der Waals surface area (Å²) >= 11 is 0. The first-order valence-electron chi connectivity index (χ1n) is 14.5. The summed E-state index contributed by atoms with van der Waals surface area (Å²) in [7, 11) is 0. The van der Waals surface area contributed by atoms with Crippen LogP contribution in [0.5, 0.6) is 0 Å². The van der Waals surface area contributed by atoms with Gasteiger partial charge in [0, 0.05) is 31.0 Å². The highest BCUT2D eigenvalue weighted by molar-refractivity contribution is 6.04. The van der Waals surface area contributed by atoms with Crippen LogP contribution >= 0.6 is 0 Å². The number of aliphatic carboxylic acids is 1. The molecule has 41 heavy (non-hydrogen) atoms. The van der Waals surface area contributed by atoms with Crippen molar-refractivity contribution in [2.45, 2.75) is 56.9 Å². The van der Waals surface area contributed by atoms with E-state index < -0.39 is 47.5 Å². The van der Waals surface area contributed by atoms with E-state index in [1.807, 2.05) is 54.6 Å². The molecule has 2 bridgehead atoms. The van der Waals surface area contributed by atoms with Crippen LogP contribution in [-0.2, 0) is 25.5 Å². The number of likely N-dealkylation sites (tertiary alicyclic amines) is 1. The van der Waals surface area contributed by atoms with Crippen LogP contribution in [0.25, 0.3) is 0 Å². The topological polar surface area (TPSA) is 111 Å². The molecular weight excluding hydrogens is 522 g/mol. The van der Waals surface area contributed by atoms with Gasteiger partial charge in [0.1, 0.15) is 11.6 Å². The van der Waals surface area contributed by atoms with Gasteiger partial charge in [0.2, 0.25) is 5.91 Å². The van der Waals surface area contributed by atoms with E-state index in [-0.39, 0.29) is 19.1 Å². The van der Waals surface area contributed by atoms with Crippen molar-refractivity contribution in [1.82, 2.24) is 4.90 Å². The van der Waals surface area contributed by atoms with E-state index in [2.05, 4.69) is 25.3 Å². The van der Waals surface area contributed by atoms with Crippen molar-refractivity contribution in [2.24, 2.45) is 11.8 Å². The molecule has 2 amide bonds. The molecule has 0 aromatic heterocycles. The van der Waals surface area contributed by atoms with E-state index in [1.54, 1.807) is 11.0 Å². The van der Waals surface area contributed by atoms with Crippen molar-refractivity contribution in [3.8, 4) is 0 Å². The van der Waals surface area contributed by atoms with Crippen molar-refractivity contribution in [1.29, 1.82) is 0 Å². The number of aliphatic hydroxyl groups is 1. The lowest BCUT2D eigenvalue weighted by Crippen LogP contribution is -2.59. The van der Waals surface area contributed by atoms with Crippen LogP contribution in [0.1, 0.15) is 32.3 Å². The number of carboxylic acids is 1. The number of amides is 2. The van der Waals surface area contributed by atoms with E-state index in [9.17, 15) is 24.6 Å². The van der Waals surface area contributed by atoms with E-state index in [1.165, 1.54) is 4.90 Å². The van der Waals surface area contributed by atoms with Crippen molar-refractivity contribution in [2.75, 3.05) is 36.0 Å². The summed E-state index contributed by atoms with van der Waals surface area (Å²) in [6.07, 6.45) is 2.18. The lowest BCUT2D eigenvalue weighted by molar-refractivity contribution is -0.151. The van der Waals surface area contributed by atoms with Crippen LogP contribution in [-0.4, -0.2) is 82.9 Å². The van der Waals surface area contributed by atoms with Crippen LogP contribution < -0.4 is 9.80 Å². The Hall–Kier alpha value is -3.69. The van der Waals surface area contributed by atoms with Gasteiger partial charge in [-0.1, -0.05) is 36.4 Å². The summed E-state index contributed by atoms with van der Waals surface area (Å²) < 4.78 is 6.38. The fraction of sp³-hybridized carbons (Fsp3) is 0.469. The highest BCUT2D eigenvalue weighted by atomic mass is 16.5. The van der Waals surface area contributed by atoms with Gasteiger partial charge in [-0.25, -0.2) is 0 Å². The van der Waals surface area contributed by atoms with E-state index in [0.29, 0.717) is 24.9 Å². The van der Waals surface area contributed by atoms with Gasteiger partial charge in [-0.3, -0.25) is 14.4 Å². The monoisotopic (exact) mass is 561 g/mol. The van der Waals surface area contributed by atoms with Gasteiger partial charge in [-0.05, 0) is 62.9 Å². The quantitative estimate of drug-likeness (QED) is 0.383. The van der Waals surface area contributed by atoms with Gasteiger partial charge in [-0.2, -0.15) is 0 Å². The van der Waals surface area contributed by atoms with Crippen LogP contribution in [0.4, 0.5) is 11.4 Å². The van der Waals surface area contributed by atoms with Gasteiger partial charge in [0.25, 0.3) is 5.91 Å². The van der Waals surface area contributed by atoms with Crippen LogP contribution in [0.3, 0.4) is 0 Å². The second-order valence-corrected chi connectivity index (χ2v) is 11.1. The molecule has 0 unspecified atom stereocenters. The minimum absolute atomic E-state index is 0.191. The average molecular weight is 562 g/mol. The van der Waals surface area contributed by atoms with Crippen molar-refractivity contribution >= 4 is 29.2 Å². The molecule has 3 aliphatic heterocycles. The molecule has 3 fully saturated rings. The number of ether oxygens (including phenoxy) is 1. The maximum atomic E-state index is 14.7. The van der Waals surface area contributed by atoms with Crippen molar-refractivity contribution < 1.29 is 29.3 Å². The number of anilines is 2. The van der Waals surface area contributed by atoms with Gasteiger partial charge in [0.15, 0.2) is 0 Å². The average Bonchev–Trinajstić information content (AvgIpc) is 3.63. The number of carboxylic acid groups (broad SMARTS) is 1. The normalized spacial score (nSPS) is 27.0. The number of fused-ring (bicyclic) bond motifs is 1. The van der Waals surface area contributed by atoms with E-state index >= 15 is 0 Å². The Kier molecular flexibility index (Phi) is 8.20. The molecule has 6 atom stereocenters. The molecule has 5 rings (SSSR count). The third-order valence-corrected chi connectivity index (χ3v) is 9.04. The first-order chi connectivity index (χ1) is 19.8. The minimum Gasteiger partial charge on any atom is -0.481 e. The number of rotatable bonds is 12. The third kappa shape index (κ3) is 4.81. The summed E-state index contributed by atoms with van der Waals surface area (Å²) in [5.41, 5.74) is 1.30. The Labute approximate surface area is 241 Å². The summed E-state index contributed by atoms with van der Waals surface area (Å²) in [5, 5.41) is 20.7. The van der Waals surface area contributed by atoms with Gasteiger partial charge in [0.05, 0.1) is 30.6 Å². The highest BCUT2D eigenvalue weighted by Gasteiger charge is 2.75. The lowest BCUT2D eigenvalue weighted by Gasteiger charge is -2.39. The first-order valence-corrected chi connectivity index (χ1v) is 14.5. The Bertz CT molecular complexity index is 1280. The Balaban J connectivity index is 1.57. The highest BCUT2D eigenvalue weighted by Crippen LogP contribution is 2.59. The Morgan fingerprint density at radius 2 is 1.78 bits per heavy atom. The molecule has 3 saturated heterocycles. The van der Waals surface area contributed by atoms with E-state index in [0.717, 1.165) is 24.3 Å². The second-order valence-electron chi connectivity index (χ2n) is 11.1. The maximum absolute atomic E-state index is 14.7. The number of aliphatic hydroxyl groups excluding tert-OH is 1. The number of carbonyl (C=O) groups excluding carboxylic acids is 2. The van der Waals surface area contributed by atoms with Gasteiger partial charge in [-0.15, -0.1) is 6.58 Å². The zero-order chi connectivity index (χ0) is 29.3. The fourth-order valence-electron chi connectivity index (χ4n) is 7.21. The van der Waals surface area contributed by atoms with Crippen LogP contribution in [0.15, 0.2) is 67.3 Å². The smallest absolute Gasteiger partial charge is 0.310 e. The predicted octanol–water partition coefficient (Wildman–Crippen LogP) is 3.11. The minimum atomic E-state index is -1.27. The summed E-state index contributed by atoms with van der Waals surface area (Å²) in [4.78, 5) is 46.4. The van der Waals surface area contributed by atoms with Crippen molar-refractivity contribution in [3.63, 3.8) is 0 Å². The van der Waals surface area contributed by atoms with Gasteiger partial charge < -0.3 is 29.6 Å². The summed E-state index contributed by atoms with van der Waals surface area (Å²) in [6, 6.07) is 15.3. The molecule has 3 heterocycles. The molecule has 9 heteroatoms. The third-order valence-electron chi connectivity index (χ3n) is 9.04. The molecule has 1 spiro atoms. The van der Waals surface area contributed by atoms with Crippen LogP contribution in [0.2, 0.25) is 0 Å². The second kappa shape index (κ2) is 11.7. The summed E-state index contributed by atoms with van der Waals surface area (Å²) in [5.74, 6) is -3.93. The largest absolute Gasteiger partial charge is 0.481 e. The molecule has 9 nitrogen and oxygen atoms in total. The molecule has 0 saturated carbocycles. The molecular formula is C32H39N3O6. The maximum Gasteiger partial charge on any atom is 0.310 e. The number of benzene rings is 2. The first kappa shape index (κ1) is 28.8. The number of hydrogen-bond donors (Lipinski definition) is 2. The molecule has 218 valence electrons. The van der Waals surface area contributed by atoms with Crippen LogP contribution in [0, 0.1) is 11.8 Å². The van der Waals surface area contributed by atoms with Gasteiger partial charge >= 0.3 is 5.97 Å². The zero-order valence-electron chi connectivity index (χ0n) is 23.7. The predicted molar refractivity (Wildman–Crippen MR) is 156 cm³/mol. The molecule has 0 aliphatic carbocycles. The molecule has 0 radical (unpaired) electrons. The standard InChI is InChI=1S/C32H39N3O6/c1-4-18-34(23-14-12-22(13-15-23)33(5-2)6-3)30(38)28-32-17-16-25(41-32)26(31(39)40)27(32)29(37)35(28)24(20-36)19-21-10-8-7-9-11-21/h4,7-15,24-28,36H,1,5-6,16-20H2,2-3H3,(H,39,40)/t24-,25-,26+,27+,28-,32+/m1/s1. The number of carbonyl (C=O) groups is 3. The Morgan fingerprint density at radius 3 is 2.37 bits per heavy atom. The van der Waals surface area contributed by atoms with E-state index in [4.69, 9.17) is 4.74 Å².